The van der Waals surface area contributed by atoms with Crippen LogP contribution in [0.1, 0.15) is 20.3 Å². The standard InChI is InChI=1S/C13H25N3O3/c1-11(2)10-19-9-6-15-12(17)13(18)16-7-3-4-14-5-8-16/h11,14H,3-10H2,1-2H3,(H,15,17). The second-order valence-corrected chi connectivity index (χ2v) is 5.12. The lowest BCUT2D eigenvalue weighted by Crippen LogP contribution is -2.45. The first-order valence-electron chi connectivity index (χ1n) is 6.97. The summed E-state index contributed by atoms with van der Waals surface area (Å²) in [5.41, 5.74) is 0. The topological polar surface area (TPSA) is 70.7 Å². The predicted molar refractivity (Wildman–Crippen MR) is 72.7 cm³/mol. The van der Waals surface area contributed by atoms with Crippen molar-refractivity contribution in [2.24, 2.45) is 5.92 Å². The Morgan fingerprint density at radius 3 is 2.84 bits per heavy atom. The molecule has 6 heteroatoms. The van der Waals surface area contributed by atoms with Gasteiger partial charge in [-0.05, 0) is 18.9 Å². The largest absolute Gasteiger partial charge is 0.379 e. The maximum absolute atomic E-state index is 11.9. The molecule has 0 radical (unpaired) electrons. The zero-order valence-corrected chi connectivity index (χ0v) is 11.9. The normalized spacial score (nSPS) is 16.3. The number of ether oxygens (including phenoxy) is 1. The van der Waals surface area contributed by atoms with Gasteiger partial charge in [0.25, 0.3) is 0 Å². The van der Waals surface area contributed by atoms with Crippen LogP contribution in [0.2, 0.25) is 0 Å². The first-order chi connectivity index (χ1) is 9.11. The summed E-state index contributed by atoms with van der Waals surface area (Å²) in [6.07, 6.45) is 0.885. The van der Waals surface area contributed by atoms with Crippen LogP contribution < -0.4 is 10.6 Å². The highest BCUT2D eigenvalue weighted by atomic mass is 16.5. The smallest absolute Gasteiger partial charge is 0.311 e. The van der Waals surface area contributed by atoms with Gasteiger partial charge in [0.15, 0.2) is 0 Å². The first kappa shape index (κ1) is 15.9. The van der Waals surface area contributed by atoms with E-state index in [2.05, 4.69) is 24.5 Å². The predicted octanol–water partition coefficient (Wildman–Crippen LogP) is -0.403. The SMILES string of the molecule is CC(C)COCCNC(=O)C(=O)N1CCCNCC1. The molecule has 0 unspecified atom stereocenters. The number of hydrogen-bond acceptors (Lipinski definition) is 4. The van der Waals surface area contributed by atoms with Crippen molar-refractivity contribution in [1.29, 1.82) is 0 Å². The number of nitrogens with zero attached hydrogens (tertiary/aromatic N) is 1. The molecule has 0 aromatic heterocycles. The molecule has 0 aromatic carbocycles. The summed E-state index contributed by atoms with van der Waals surface area (Å²) in [5.74, 6) is -0.496. The average molecular weight is 271 g/mol. The second-order valence-electron chi connectivity index (χ2n) is 5.12. The number of rotatable bonds is 5. The second kappa shape index (κ2) is 8.87. The van der Waals surface area contributed by atoms with Gasteiger partial charge in [-0.2, -0.15) is 0 Å². The molecular weight excluding hydrogens is 246 g/mol. The minimum atomic E-state index is -0.532. The van der Waals surface area contributed by atoms with Gasteiger partial charge in [0.05, 0.1) is 6.61 Å². The number of carbonyl (C=O) groups excluding carboxylic acids is 2. The molecule has 2 amide bonds. The van der Waals surface area contributed by atoms with Crippen molar-refractivity contribution in [2.75, 3.05) is 45.9 Å². The number of amides is 2. The van der Waals surface area contributed by atoms with Crippen molar-refractivity contribution in [3.8, 4) is 0 Å². The van der Waals surface area contributed by atoms with E-state index >= 15 is 0 Å². The summed E-state index contributed by atoms with van der Waals surface area (Å²) in [6, 6.07) is 0. The fraction of sp³-hybridized carbons (Fsp3) is 0.846. The van der Waals surface area contributed by atoms with E-state index in [9.17, 15) is 9.59 Å². The Hall–Kier alpha value is -1.14. The van der Waals surface area contributed by atoms with Crippen LogP contribution in [0, 0.1) is 5.92 Å². The van der Waals surface area contributed by atoms with Gasteiger partial charge in [-0.25, -0.2) is 0 Å². The Balaban J connectivity index is 2.18. The average Bonchev–Trinajstić information content (AvgIpc) is 2.65. The molecule has 0 saturated carbocycles. The Morgan fingerprint density at radius 1 is 1.32 bits per heavy atom. The number of carbonyl (C=O) groups is 2. The number of nitrogens with one attached hydrogen (secondary N) is 2. The third-order valence-corrected chi connectivity index (χ3v) is 2.80. The highest BCUT2D eigenvalue weighted by molar-refractivity contribution is 6.35. The van der Waals surface area contributed by atoms with Crippen LogP contribution in [0.25, 0.3) is 0 Å². The molecule has 0 aliphatic carbocycles. The first-order valence-corrected chi connectivity index (χ1v) is 6.97. The van der Waals surface area contributed by atoms with Crippen LogP contribution in [0.4, 0.5) is 0 Å². The molecule has 1 fully saturated rings. The molecule has 2 N–H and O–H groups in total. The van der Waals surface area contributed by atoms with Gasteiger partial charge < -0.3 is 20.3 Å². The highest BCUT2D eigenvalue weighted by Gasteiger charge is 2.21. The van der Waals surface area contributed by atoms with E-state index in [0.29, 0.717) is 38.8 Å². The van der Waals surface area contributed by atoms with Gasteiger partial charge in [0.2, 0.25) is 0 Å². The summed E-state index contributed by atoms with van der Waals surface area (Å²) in [4.78, 5) is 25.1. The summed E-state index contributed by atoms with van der Waals surface area (Å²) < 4.78 is 5.34. The Kier molecular flexibility index (Phi) is 7.43. The lowest BCUT2D eigenvalue weighted by atomic mass is 10.2. The molecule has 110 valence electrons. The molecule has 0 spiro atoms. The minimum Gasteiger partial charge on any atom is -0.379 e. The van der Waals surface area contributed by atoms with Crippen LogP contribution in [-0.4, -0.2) is 62.7 Å². The Morgan fingerprint density at radius 2 is 2.11 bits per heavy atom. The van der Waals surface area contributed by atoms with E-state index in [0.717, 1.165) is 19.5 Å². The maximum Gasteiger partial charge on any atom is 0.311 e. The molecule has 19 heavy (non-hydrogen) atoms. The lowest BCUT2D eigenvalue weighted by Gasteiger charge is -2.19. The molecule has 0 aromatic rings. The van der Waals surface area contributed by atoms with Gasteiger partial charge in [0, 0.05) is 32.8 Å². The van der Waals surface area contributed by atoms with E-state index in [1.807, 2.05) is 0 Å². The van der Waals surface area contributed by atoms with E-state index in [1.165, 1.54) is 0 Å². The third kappa shape index (κ3) is 6.54. The van der Waals surface area contributed by atoms with E-state index < -0.39 is 11.8 Å². The molecule has 1 heterocycles. The van der Waals surface area contributed by atoms with Crippen molar-refractivity contribution >= 4 is 11.8 Å². The summed E-state index contributed by atoms with van der Waals surface area (Å²) in [7, 11) is 0. The van der Waals surface area contributed by atoms with Crippen LogP contribution in [0.15, 0.2) is 0 Å². The maximum atomic E-state index is 11.9. The fourth-order valence-electron chi connectivity index (χ4n) is 1.82. The quantitative estimate of drug-likeness (QED) is 0.527. The van der Waals surface area contributed by atoms with Gasteiger partial charge in [0.1, 0.15) is 0 Å². The zero-order chi connectivity index (χ0) is 14.1. The van der Waals surface area contributed by atoms with E-state index in [1.54, 1.807) is 4.90 Å². The zero-order valence-electron chi connectivity index (χ0n) is 11.9. The highest BCUT2D eigenvalue weighted by Crippen LogP contribution is 1.96. The Bertz CT molecular complexity index is 287. The van der Waals surface area contributed by atoms with E-state index in [-0.39, 0.29) is 0 Å². The summed E-state index contributed by atoms with van der Waals surface area (Å²) >= 11 is 0. The molecule has 1 aliphatic heterocycles. The van der Waals surface area contributed by atoms with Gasteiger partial charge in [-0.3, -0.25) is 9.59 Å². The van der Waals surface area contributed by atoms with Gasteiger partial charge in [-0.1, -0.05) is 13.8 Å². The molecule has 1 rings (SSSR count). The van der Waals surface area contributed by atoms with Crippen molar-refractivity contribution < 1.29 is 14.3 Å². The molecule has 0 atom stereocenters. The third-order valence-electron chi connectivity index (χ3n) is 2.80. The van der Waals surface area contributed by atoms with E-state index in [4.69, 9.17) is 4.74 Å². The van der Waals surface area contributed by atoms with Gasteiger partial charge >= 0.3 is 11.8 Å². The van der Waals surface area contributed by atoms with Crippen LogP contribution in [0.5, 0.6) is 0 Å². The minimum absolute atomic E-state index is 0.378. The van der Waals surface area contributed by atoms with Crippen molar-refractivity contribution in [2.45, 2.75) is 20.3 Å². The van der Waals surface area contributed by atoms with Crippen molar-refractivity contribution in [1.82, 2.24) is 15.5 Å². The van der Waals surface area contributed by atoms with Crippen molar-refractivity contribution in [3.05, 3.63) is 0 Å². The Labute approximate surface area is 114 Å². The fourth-order valence-corrected chi connectivity index (χ4v) is 1.82. The van der Waals surface area contributed by atoms with Gasteiger partial charge in [-0.15, -0.1) is 0 Å². The molecule has 0 bridgehead atoms. The summed E-state index contributed by atoms with van der Waals surface area (Å²) in [5, 5.41) is 5.79. The van der Waals surface area contributed by atoms with Crippen LogP contribution in [0.3, 0.4) is 0 Å². The number of hydrogen-bond donors (Lipinski definition) is 2. The van der Waals surface area contributed by atoms with Crippen LogP contribution in [-0.2, 0) is 14.3 Å². The summed E-state index contributed by atoms with van der Waals surface area (Å²) in [6.45, 7) is 8.50. The van der Waals surface area contributed by atoms with Crippen LogP contribution >= 0.6 is 0 Å². The molecule has 6 nitrogen and oxygen atoms in total. The molecular formula is C13H25N3O3. The molecule has 1 saturated heterocycles. The monoisotopic (exact) mass is 271 g/mol. The lowest BCUT2D eigenvalue weighted by molar-refractivity contribution is -0.145. The van der Waals surface area contributed by atoms with Crippen molar-refractivity contribution in [3.63, 3.8) is 0 Å². The molecule has 1 aliphatic rings.